The summed E-state index contributed by atoms with van der Waals surface area (Å²) in [4.78, 5) is 0.852. The van der Waals surface area contributed by atoms with E-state index in [1.165, 1.54) is 11.3 Å². The van der Waals surface area contributed by atoms with Gasteiger partial charge in [-0.2, -0.15) is 0 Å². The summed E-state index contributed by atoms with van der Waals surface area (Å²) in [6.07, 6.45) is 0.546. The van der Waals surface area contributed by atoms with Crippen molar-refractivity contribution in [3.8, 4) is 0 Å². The van der Waals surface area contributed by atoms with Crippen molar-refractivity contribution < 1.29 is 8.82 Å². The Hall–Kier alpha value is -0.613. The van der Waals surface area contributed by atoms with Crippen molar-refractivity contribution in [3.05, 3.63) is 28.7 Å². The van der Waals surface area contributed by atoms with Crippen LogP contribution in [0, 0.1) is 0 Å². The van der Waals surface area contributed by atoms with E-state index >= 15 is 0 Å². The van der Waals surface area contributed by atoms with Crippen LogP contribution in [0.5, 0.6) is 0 Å². The lowest BCUT2D eigenvalue weighted by atomic mass is 10.4. The summed E-state index contributed by atoms with van der Waals surface area (Å²) in [7, 11) is -1.70. The summed E-state index contributed by atoms with van der Waals surface area (Å²) >= 11 is 1.49. The second-order valence-electron chi connectivity index (χ2n) is 3.67. The van der Waals surface area contributed by atoms with Gasteiger partial charge in [0.2, 0.25) is 8.32 Å². The number of hydrogen-bond donors (Lipinski definition) is 0. The molecule has 0 fully saturated rings. The monoisotopic (exact) mass is 216 g/mol. The van der Waals surface area contributed by atoms with E-state index in [0.717, 1.165) is 4.88 Å². The van der Waals surface area contributed by atoms with E-state index in [-0.39, 0.29) is 0 Å². The Kier molecular flexibility index (Phi) is 3.27. The molecule has 0 radical (unpaired) electrons. The van der Waals surface area contributed by atoms with E-state index in [1.807, 2.05) is 37.2 Å². The summed E-state index contributed by atoms with van der Waals surface area (Å²) in [5, 5.41) is 1.91. The smallest absolute Gasteiger partial charge is 0.242 e. The average Bonchev–Trinajstić information content (AvgIpc) is 2.50. The summed E-state index contributed by atoms with van der Waals surface area (Å²) < 4.78 is 18.1. The first-order valence-corrected chi connectivity index (χ1v) is 8.35. The molecule has 0 aliphatic rings. The van der Waals surface area contributed by atoms with Gasteiger partial charge >= 0.3 is 0 Å². The average molecular weight is 216 g/mol. The van der Waals surface area contributed by atoms with Crippen LogP contribution in [-0.4, -0.2) is 8.32 Å². The molecule has 1 heterocycles. The summed E-state index contributed by atoms with van der Waals surface area (Å²) in [5.41, 5.74) is 0. The fourth-order valence-electron chi connectivity index (χ4n) is 0.875. The van der Waals surface area contributed by atoms with Gasteiger partial charge in [-0.1, -0.05) is 6.07 Å². The predicted octanol–water partition coefficient (Wildman–Crippen LogP) is 3.87. The molecular weight excluding hydrogens is 203 g/mol. The Balaban J connectivity index is 2.78. The fraction of sp³-hybridized carbons (Fsp3) is 0.333. The van der Waals surface area contributed by atoms with Crippen LogP contribution in [0.3, 0.4) is 0 Å². The van der Waals surface area contributed by atoms with Gasteiger partial charge in [-0.3, -0.25) is 0 Å². The van der Waals surface area contributed by atoms with E-state index < -0.39 is 8.32 Å². The highest BCUT2D eigenvalue weighted by Crippen LogP contribution is 2.24. The van der Waals surface area contributed by atoms with E-state index in [2.05, 4.69) is 0 Å². The Labute approximate surface area is 83.0 Å². The summed E-state index contributed by atoms with van der Waals surface area (Å²) in [5.74, 6) is 0.370. The molecule has 13 heavy (non-hydrogen) atoms. The Morgan fingerprint density at radius 1 is 1.54 bits per heavy atom. The van der Waals surface area contributed by atoms with Gasteiger partial charge < -0.3 is 4.43 Å². The lowest BCUT2D eigenvalue weighted by molar-refractivity contribution is 0.501. The summed E-state index contributed by atoms with van der Waals surface area (Å²) in [6, 6.07) is 3.74. The topological polar surface area (TPSA) is 9.23 Å². The maximum atomic E-state index is 12.5. The molecule has 1 nitrogen and oxygen atoms in total. The van der Waals surface area contributed by atoms with Crippen molar-refractivity contribution in [1.29, 1.82) is 0 Å². The molecule has 4 heteroatoms. The Bertz CT molecular complexity index is 287. The largest absolute Gasteiger partial charge is 0.542 e. The van der Waals surface area contributed by atoms with Gasteiger partial charge in [-0.25, -0.2) is 4.39 Å². The zero-order valence-corrected chi connectivity index (χ0v) is 9.82. The second kappa shape index (κ2) is 4.06. The quantitative estimate of drug-likeness (QED) is 0.550. The number of hydrogen-bond acceptors (Lipinski definition) is 2. The van der Waals surface area contributed by atoms with E-state index in [4.69, 9.17) is 4.43 Å². The van der Waals surface area contributed by atoms with E-state index in [9.17, 15) is 4.39 Å². The molecule has 0 saturated heterocycles. The molecule has 0 saturated carbocycles. The normalized spacial score (nSPS) is 13.1. The molecule has 0 aliphatic heterocycles. The van der Waals surface area contributed by atoms with Crippen molar-refractivity contribution in [1.82, 2.24) is 0 Å². The maximum Gasteiger partial charge on any atom is 0.242 e. The molecule has 0 amide bonds. The fourth-order valence-corrected chi connectivity index (χ4v) is 2.43. The molecule has 0 aromatic carbocycles. The molecule has 0 aliphatic carbocycles. The lowest BCUT2D eigenvalue weighted by Crippen LogP contribution is -2.24. The minimum atomic E-state index is -1.70. The van der Waals surface area contributed by atoms with Crippen molar-refractivity contribution in [2.24, 2.45) is 0 Å². The SMILES string of the molecule is C[Si](C)(C)O/C(=C\F)c1cccs1. The predicted molar refractivity (Wildman–Crippen MR) is 57.8 cm³/mol. The van der Waals surface area contributed by atoms with E-state index in [0.29, 0.717) is 12.1 Å². The highest BCUT2D eigenvalue weighted by atomic mass is 32.1. The van der Waals surface area contributed by atoms with Gasteiger partial charge in [0.15, 0.2) is 0 Å². The highest BCUT2D eigenvalue weighted by Gasteiger charge is 2.19. The highest BCUT2D eigenvalue weighted by molar-refractivity contribution is 7.11. The van der Waals surface area contributed by atoms with Gasteiger partial charge in [-0.15, -0.1) is 11.3 Å². The second-order valence-corrected chi connectivity index (χ2v) is 9.04. The minimum Gasteiger partial charge on any atom is -0.542 e. The van der Waals surface area contributed by atoms with Gasteiger partial charge in [0.1, 0.15) is 12.1 Å². The van der Waals surface area contributed by atoms with Crippen LogP contribution in [0.1, 0.15) is 4.88 Å². The maximum absolute atomic E-state index is 12.5. The molecule has 0 N–H and O–H groups in total. The van der Waals surface area contributed by atoms with Crippen molar-refractivity contribution in [3.63, 3.8) is 0 Å². The van der Waals surface area contributed by atoms with Gasteiger partial charge in [0.25, 0.3) is 0 Å². The van der Waals surface area contributed by atoms with E-state index in [1.54, 1.807) is 0 Å². The van der Waals surface area contributed by atoms with Crippen LogP contribution >= 0.6 is 11.3 Å². The molecule has 0 spiro atoms. The molecule has 72 valence electrons. The molecule has 0 atom stereocenters. The number of thiophene rings is 1. The van der Waals surface area contributed by atoms with Crippen LogP contribution in [0.4, 0.5) is 4.39 Å². The van der Waals surface area contributed by atoms with Crippen LogP contribution < -0.4 is 0 Å². The van der Waals surface area contributed by atoms with Crippen LogP contribution in [0.2, 0.25) is 19.6 Å². The third kappa shape index (κ3) is 3.32. The molecular formula is C9H13FOSSi. The zero-order chi connectivity index (χ0) is 9.90. The zero-order valence-electron chi connectivity index (χ0n) is 8.00. The Morgan fingerprint density at radius 2 is 2.23 bits per heavy atom. The molecule has 1 aromatic rings. The van der Waals surface area contributed by atoms with Crippen molar-refractivity contribution in [2.45, 2.75) is 19.6 Å². The third-order valence-corrected chi connectivity index (χ3v) is 3.00. The van der Waals surface area contributed by atoms with Crippen LogP contribution in [-0.2, 0) is 4.43 Å². The molecule has 0 unspecified atom stereocenters. The first-order chi connectivity index (χ1) is 6.03. The molecule has 1 aromatic heterocycles. The van der Waals surface area contributed by atoms with Crippen LogP contribution in [0.15, 0.2) is 23.8 Å². The van der Waals surface area contributed by atoms with Gasteiger partial charge in [-0.05, 0) is 31.1 Å². The lowest BCUT2D eigenvalue weighted by Gasteiger charge is -2.19. The molecule has 0 bridgehead atoms. The van der Waals surface area contributed by atoms with Gasteiger partial charge in [0, 0.05) is 0 Å². The van der Waals surface area contributed by atoms with Crippen molar-refractivity contribution >= 4 is 25.4 Å². The van der Waals surface area contributed by atoms with Crippen molar-refractivity contribution in [2.75, 3.05) is 0 Å². The number of rotatable bonds is 3. The standard InChI is InChI=1S/C9H13FOSSi/c1-13(2,3)11-8(7-10)9-5-4-6-12-9/h4-7H,1-3H3/b8-7-. The minimum absolute atomic E-state index is 0.370. The number of halogens is 1. The first kappa shape index (κ1) is 10.5. The third-order valence-electron chi connectivity index (χ3n) is 1.28. The van der Waals surface area contributed by atoms with Gasteiger partial charge in [0.05, 0.1) is 4.88 Å². The first-order valence-electron chi connectivity index (χ1n) is 4.06. The Morgan fingerprint density at radius 3 is 2.62 bits per heavy atom. The molecule has 1 rings (SSSR count). The summed E-state index contributed by atoms with van der Waals surface area (Å²) in [6.45, 7) is 6.10. The van der Waals surface area contributed by atoms with Crippen LogP contribution in [0.25, 0.3) is 5.76 Å².